The van der Waals surface area contributed by atoms with Crippen LogP contribution in [0.15, 0.2) is 65.4 Å². The summed E-state index contributed by atoms with van der Waals surface area (Å²) in [5.74, 6) is -0.540. The molecule has 122 valence electrons. The summed E-state index contributed by atoms with van der Waals surface area (Å²) < 4.78 is 6.61. The van der Waals surface area contributed by atoms with Crippen molar-refractivity contribution in [2.45, 2.75) is 0 Å². The Bertz CT molecular complexity index is 1090. The molecular weight excluding hydrogens is 318 g/mol. The van der Waals surface area contributed by atoms with Crippen LogP contribution in [-0.4, -0.2) is 26.3 Å². The molecule has 4 rings (SSSR count). The summed E-state index contributed by atoms with van der Waals surface area (Å²) in [7, 11) is 1.76. The number of aryl methyl sites for hydroxylation is 1. The van der Waals surface area contributed by atoms with Crippen LogP contribution in [0, 0.1) is 0 Å². The van der Waals surface area contributed by atoms with E-state index in [1.54, 1.807) is 35.9 Å². The van der Waals surface area contributed by atoms with Gasteiger partial charge in [-0.3, -0.25) is 9.59 Å². The van der Waals surface area contributed by atoms with Crippen molar-refractivity contribution in [2.75, 3.05) is 0 Å². The van der Waals surface area contributed by atoms with Crippen molar-refractivity contribution < 1.29 is 14.1 Å². The van der Waals surface area contributed by atoms with Crippen LogP contribution in [0.2, 0.25) is 0 Å². The van der Waals surface area contributed by atoms with Crippen LogP contribution < -0.4 is 0 Å². The van der Waals surface area contributed by atoms with Gasteiger partial charge in [-0.15, -0.1) is 0 Å². The quantitative estimate of drug-likeness (QED) is 0.537. The van der Waals surface area contributed by atoms with Crippen molar-refractivity contribution in [3.8, 4) is 0 Å². The van der Waals surface area contributed by atoms with E-state index in [2.05, 4.69) is 10.1 Å². The summed E-state index contributed by atoms with van der Waals surface area (Å²) in [4.78, 5) is 29.9. The molecule has 0 spiro atoms. The Labute approximate surface area is 142 Å². The largest absolute Gasteiger partial charge is 0.363 e. The van der Waals surface area contributed by atoms with E-state index in [0.29, 0.717) is 11.1 Å². The maximum absolute atomic E-state index is 12.9. The lowest BCUT2D eigenvalue weighted by Crippen LogP contribution is -2.13. The summed E-state index contributed by atoms with van der Waals surface area (Å²) in [6.07, 6.45) is 1.19. The molecule has 2 heterocycles. The van der Waals surface area contributed by atoms with Gasteiger partial charge in [0.05, 0.1) is 16.6 Å². The molecule has 0 saturated carbocycles. The number of carbonyl (C=O) groups is 2. The standard InChI is InChI=1S/C19H13N3O3/c1-22-15-10-6-5-9-14(15)20-19(22)18(24)13-11-25-21-16(13)17(23)12-7-3-2-4-8-12/h2-11H,1H3. The van der Waals surface area contributed by atoms with Gasteiger partial charge in [-0.2, -0.15) is 0 Å². The molecule has 25 heavy (non-hydrogen) atoms. The predicted molar refractivity (Wildman–Crippen MR) is 90.5 cm³/mol. The molecule has 2 aromatic carbocycles. The number of fused-ring (bicyclic) bond motifs is 1. The first-order valence-corrected chi connectivity index (χ1v) is 7.67. The van der Waals surface area contributed by atoms with Gasteiger partial charge in [-0.05, 0) is 12.1 Å². The van der Waals surface area contributed by atoms with Gasteiger partial charge in [0.1, 0.15) is 6.26 Å². The molecule has 0 aliphatic carbocycles. The van der Waals surface area contributed by atoms with Crippen molar-refractivity contribution in [3.63, 3.8) is 0 Å². The number of rotatable bonds is 4. The van der Waals surface area contributed by atoms with Crippen LogP contribution in [0.3, 0.4) is 0 Å². The number of benzene rings is 2. The van der Waals surface area contributed by atoms with E-state index < -0.39 is 5.78 Å². The van der Waals surface area contributed by atoms with Crippen LogP contribution >= 0.6 is 0 Å². The van der Waals surface area contributed by atoms with Crippen LogP contribution in [0.25, 0.3) is 11.0 Å². The minimum absolute atomic E-state index is 0.0109. The maximum Gasteiger partial charge on any atom is 0.234 e. The fraction of sp³-hybridized carbons (Fsp3) is 0.0526. The molecule has 0 bridgehead atoms. The lowest BCUT2D eigenvalue weighted by atomic mass is 10.0. The highest BCUT2D eigenvalue weighted by molar-refractivity contribution is 6.18. The second kappa shape index (κ2) is 5.83. The summed E-state index contributed by atoms with van der Waals surface area (Å²) in [6, 6.07) is 16.1. The van der Waals surface area contributed by atoms with Crippen LogP contribution in [0.5, 0.6) is 0 Å². The molecule has 2 aromatic heterocycles. The summed E-state index contributed by atoms with van der Waals surface area (Å²) in [5.41, 5.74) is 2.07. The topological polar surface area (TPSA) is 78.0 Å². The second-order valence-corrected chi connectivity index (χ2v) is 5.58. The summed E-state index contributed by atoms with van der Waals surface area (Å²) >= 11 is 0. The van der Waals surface area contributed by atoms with E-state index >= 15 is 0 Å². The lowest BCUT2D eigenvalue weighted by molar-refractivity contribution is 0.0994. The smallest absolute Gasteiger partial charge is 0.234 e. The van der Waals surface area contributed by atoms with Gasteiger partial charge in [0, 0.05) is 12.6 Å². The number of hydrogen-bond acceptors (Lipinski definition) is 5. The monoisotopic (exact) mass is 331 g/mol. The maximum atomic E-state index is 12.9. The molecule has 0 aliphatic rings. The molecule has 0 aliphatic heterocycles. The average molecular weight is 331 g/mol. The predicted octanol–water partition coefficient (Wildman–Crippen LogP) is 3.02. The first-order chi connectivity index (χ1) is 12.2. The number of carbonyl (C=O) groups excluding carboxylic acids is 2. The molecule has 0 atom stereocenters. The zero-order chi connectivity index (χ0) is 17.4. The third-order valence-electron chi connectivity index (χ3n) is 4.06. The molecule has 0 saturated heterocycles. The third kappa shape index (κ3) is 2.44. The van der Waals surface area contributed by atoms with Crippen LogP contribution in [0.4, 0.5) is 0 Å². The SMILES string of the molecule is Cn1c(C(=O)c2conc2C(=O)c2ccccc2)nc2ccccc21. The zero-order valence-electron chi connectivity index (χ0n) is 13.3. The van der Waals surface area contributed by atoms with E-state index in [1.165, 1.54) is 6.26 Å². The molecule has 0 radical (unpaired) electrons. The average Bonchev–Trinajstić information content (AvgIpc) is 3.27. The Morgan fingerprint density at radius 1 is 0.960 bits per heavy atom. The van der Waals surface area contributed by atoms with Gasteiger partial charge in [0.2, 0.25) is 11.6 Å². The first kappa shape index (κ1) is 15.0. The number of hydrogen-bond donors (Lipinski definition) is 0. The molecule has 4 aromatic rings. The highest BCUT2D eigenvalue weighted by Crippen LogP contribution is 2.20. The Kier molecular flexibility index (Phi) is 3.50. The van der Waals surface area contributed by atoms with Crippen molar-refractivity contribution >= 4 is 22.6 Å². The van der Waals surface area contributed by atoms with E-state index in [4.69, 9.17) is 4.52 Å². The van der Waals surface area contributed by atoms with Crippen molar-refractivity contribution in [1.29, 1.82) is 0 Å². The molecule has 0 fully saturated rings. The zero-order valence-corrected chi connectivity index (χ0v) is 13.3. The number of para-hydroxylation sites is 2. The van der Waals surface area contributed by atoms with Gasteiger partial charge < -0.3 is 9.09 Å². The number of imidazole rings is 1. The third-order valence-corrected chi connectivity index (χ3v) is 4.06. The lowest BCUT2D eigenvalue weighted by Gasteiger charge is -2.02. The highest BCUT2D eigenvalue weighted by atomic mass is 16.5. The van der Waals surface area contributed by atoms with Gasteiger partial charge in [-0.1, -0.05) is 47.6 Å². The van der Waals surface area contributed by atoms with Crippen LogP contribution in [-0.2, 0) is 7.05 Å². The Balaban J connectivity index is 1.78. The van der Waals surface area contributed by atoms with Gasteiger partial charge in [0.15, 0.2) is 11.5 Å². The second-order valence-electron chi connectivity index (χ2n) is 5.58. The molecule has 0 amide bonds. The summed E-state index contributed by atoms with van der Waals surface area (Å²) in [6.45, 7) is 0. The van der Waals surface area contributed by atoms with E-state index in [9.17, 15) is 9.59 Å². The van der Waals surface area contributed by atoms with E-state index in [-0.39, 0.29) is 22.9 Å². The molecule has 6 heteroatoms. The first-order valence-electron chi connectivity index (χ1n) is 7.67. The van der Waals surface area contributed by atoms with Gasteiger partial charge in [-0.25, -0.2) is 4.98 Å². The number of nitrogens with zero attached hydrogens (tertiary/aromatic N) is 3. The molecular formula is C19H13N3O3. The van der Waals surface area contributed by atoms with E-state index in [0.717, 1.165) is 5.52 Å². The van der Waals surface area contributed by atoms with Gasteiger partial charge >= 0.3 is 0 Å². The molecule has 0 unspecified atom stereocenters. The van der Waals surface area contributed by atoms with Crippen molar-refractivity contribution in [3.05, 3.63) is 83.5 Å². The van der Waals surface area contributed by atoms with Crippen molar-refractivity contribution in [1.82, 2.24) is 14.7 Å². The fourth-order valence-electron chi connectivity index (χ4n) is 2.76. The van der Waals surface area contributed by atoms with Gasteiger partial charge in [0.25, 0.3) is 0 Å². The van der Waals surface area contributed by atoms with Crippen LogP contribution in [0.1, 0.15) is 32.2 Å². The fourth-order valence-corrected chi connectivity index (χ4v) is 2.76. The Morgan fingerprint density at radius 2 is 1.68 bits per heavy atom. The minimum Gasteiger partial charge on any atom is -0.363 e. The minimum atomic E-state index is -0.403. The normalized spacial score (nSPS) is 10.9. The van der Waals surface area contributed by atoms with Crippen molar-refractivity contribution in [2.24, 2.45) is 7.05 Å². The number of ketones is 2. The molecule has 0 N–H and O–H groups in total. The number of aromatic nitrogens is 3. The molecule has 6 nitrogen and oxygen atoms in total. The Hall–Kier alpha value is -3.54. The Morgan fingerprint density at radius 3 is 2.44 bits per heavy atom. The highest BCUT2D eigenvalue weighted by Gasteiger charge is 2.26. The summed E-state index contributed by atoms with van der Waals surface area (Å²) in [5, 5.41) is 3.74. The van der Waals surface area contributed by atoms with E-state index in [1.807, 2.05) is 30.3 Å².